The molecule has 0 saturated heterocycles. The highest BCUT2D eigenvalue weighted by Gasteiger charge is 2.21. The van der Waals surface area contributed by atoms with Crippen molar-refractivity contribution in [2.75, 3.05) is 18.0 Å². The molecule has 0 radical (unpaired) electrons. The van der Waals surface area contributed by atoms with E-state index in [4.69, 9.17) is 0 Å². The van der Waals surface area contributed by atoms with Crippen LogP contribution < -0.4 is 4.90 Å². The van der Waals surface area contributed by atoms with Gasteiger partial charge in [-0.05, 0) is 31.0 Å². The molecule has 2 aromatic rings. The van der Waals surface area contributed by atoms with Gasteiger partial charge in [0.1, 0.15) is 5.25 Å². The number of rotatable bonds is 7. The van der Waals surface area contributed by atoms with E-state index in [1.54, 1.807) is 0 Å². The van der Waals surface area contributed by atoms with Gasteiger partial charge in [-0.1, -0.05) is 48.5 Å². The molecule has 118 valence electrons. The van der Waals surface area contributed by atoms with Crippen LogP contribution in [0, 0.1) is 0 Å². The molecule has 0 fully saturated rings. The quantitative estimate of drug-likeness (QED) is 0.797. The fourth-order valence-corrected chi connectivity index (χ4v) is 2.65. The van der Waals surface area contributed by atoms with Crippen LogP contribution in [0.3, 0.4) is 0 Å². The number of anilines is 1. The van der Waals surface area contributed by atoms with Crippen LogP contribution in [0.15, 0.2) is 60.7 Å². The van der Waals surface area contributed by atoms with Gasteiger partial charge in [-0.25, -0.2) is 0 Å². The summed E-state index contributed by atoms with van der Waals surface area (Å²) < 4.78 is 31.8. The minimum absolute atomic E-state index is 0.260. The van der Waals surface area contributed by atoms with E-state index in [2.05, 4.69) is 12.1 Å². The first-order valence-electron chi connectivity index (χ1n) is 7.27. The molecule has 0 aliphatic carbocycles. The van der Waals surface area contributed by atoms with Crippen LogP contribution in [0.25, 0.3) is 0 Å². The molecule has 0 amide bonds. The fraction of sp³-hybridized carbons (Fsp3) is 0.294. The summed E-state index contributed by atoms with van der Waals surface area (Å²) >= 11 is 0. The van der Waals surface area contributed by atoms with Crippen molar-refractivity contribution < 1.29 is 13.0 Å². The number of para-hydroxylation sites is 1. The predicted octanol–water partition coefficient (Wildman–Crippen LogP) is 3.01. The van der Waals surface area contributed by atoms with Crippen molar-refractivity contribution in [3.8, 4) is 0 Å². The van der Waals surface area contributed by atoms with Gasteiger partial charge in [-0.2, -0.15) is 8.42 Å². The Morgan fingerprint density at radius 2 is 1.55 bits per heavy atom. The Balaban J connectivity index is 2.12. The van der Waals surface area contributed by atoms with Gasteiger partial charge < -0.3 is 4.90 Å². The third-order valence-electron chi connectivity index (χ3n) is 3.62. The molecule has 1 N–H and O–H groups in total. The number of benzene rings is 2. The summed E-state index contributed by atoms with van der Waals surface area (Å²) in [7, 11) is -4.03. The zero-order valence-electron chi connectivity index (χ0n) is 12.6. The second kappa shape index (κ2) is 7.42. The Labute approximate surface area is 132 Å². The molecule has 0 saturated carbocycles. The molecule has 0 aromatic heterocycles. The van der Waals surface area contributed by atoms with E-state index in [0.29, 0.717) is 6.54 Å². The first-order valence-corrected chi connectivity index (χ1v) is 8.77. The van der Waals surface area contributed by atoms with E-state index < -0.39 is 15.4 Å². The van der Waals surface area contributed by atoms with Crippen molar-refractivity contribution >= 4 is 15.8 Å². The van der Waals surface area contributed by atoms with Crippen LogP contribution in [-0.4, -0.2) is 31.3 Å². The third kappa shape index (κ3) is 4.86. The van der Waals surface area contributed by atoms with E-state index in [0.717, 1.165) is 12.1 Å². The predicted molar refractivity (Wildman–Crippen MR) is 89.8 cm³/mol. The Bertz CT molecular complexity index is 672. The van der Waals surface area contributed by atoms with E-state index in [1.807, 2.05) is 53.4 Å². The van der Waals surface area contributed by atoms with E-state index in [9.17, 15) is 13.0 Å². The summed E-state index contributed by atoms with van der Waals surface area (Å²) in [6, 6.07) is 19.7. The van der Waals surface area contributed by atoms with Crippen LogP contribution in [0.4, 0.5) is 5.69 Å². The van der Waals surface area contributed by atoms with Crippen LogP contribution >= 0.6 is 0 Å². The minimum atomic E-state index is -4.03. The van der Waals surface area contributed by atoms with Crippen molar-refractivity contribution in [1.82, 2.24) is 0 Å². The van der Waals surface area contributed by atoms with E-state index in [-0.39, 0.29) is 6.54 Å². The van der Waals surface area contributed by atoms with Crippen molar-refractivity contribution in [3.05, 3.63) is 66.2 Å². The molecule has 1 unspecified atom stereocenters. The standard InChI is InChI=1S/C17H21NO3S/c1-15(22(19,20)21)14-18(17-10-6-3-7-11-17)13-12-16-8-4-2-5-9-16/h2-11,15H,12-14H2,1H3,(H,19,20,21). The van der Waals surface area contributed by atoms with Crippen molar-refractivity contribution in [2.45, 2.75) is 18.6 Å². The molecular formula is C17H21NO3S. The molecular weight excluding hydrogens is 298 g/mol. The van der Waals surface area contributed by atoms with Crippen LogP contribution in [0.1, 0.15) is 12.5 Å². The van der Waals surface area contributed by atoms with Gasteiger partial charge in [-0.3, -0.25) is 4.55 Å². The number of nitrogens with zero attached hydrogens (tertiary/aromatic N) is 1. The zero-order chi connectivity index (χ0) is 16.0. The molecule has 0 aliphatic rings. The van der Waals surface area contributed by atoms with Gasteiger partial charge in [0.2, 0.25) is 0 Å². The number of hydrogen-bond donors (Lipinski definition) is 1. The minimum Gasteiger partial charge on any atom is -0.370 e. The largest absolute Gasteiger partial charge is 0.370 e. The number of hydrogen-bond acceptors (Lipinski definition) is 3. The maximum Gasteiger partial charge on any atom is 0.269 e. The molecule has 0 bridgehead atoms. The normalized spacial score (nSPS) is 12.8. The van der Waals surface area contributed by atoms with Gasteiger partial charge in [0.25, 0.3) is 10.1 Å². The molecule has 0 spiro atoms. The fourth-order valence-electron chi connectivity index (χ4n) is 2.28. The lowest BCUT2D eigenvalue weighted by molar-refractivity contribution is 0.469. The third-order valence-corrected chi connectivity index (χ3v) is 4.79. The van der Waals surface area contributed by atoms with E-state index >= 15 is 0 Å². The molecule has 22 heavy (non-hydrogen) atoms. The lowest BCUT2D eigenvalue weighted by Crippen LogP contribution is -2.36. The first kappa shape index (κ1) is 16.5. The first-order chi connectivity index (χ1) is 10.5. The summed E-state index contributed by atoms with van der Waals surface area (Å²) in [6.45, 7) is 2.47. The highest BCUT2D eigenvalue weighted by Crippen LogP contribution is 2.16. The smallest absolute Gasteiger partial charge is 0.269 e. The second-order valence-electron chi connectivity index (χ2n) is 5.34. The highest BCUT2D eigenvalue weighted by atomic mass is 32.2. The van der Waals surface area contributed by atoms with Gasteiger partial charge in [0.05, 0.1) is 0 Å². The molecule has 0 heterocycles. The summed E-state index contributed by atoms with van der Waals surface area (Å²) in [4.78, 5) is 1.99. The second-order valence-corrected chi connectivity index (χ2v) is 7.18. The molecule has 2 rings (SSSR count). The Morgan fingerprint density at radius 1 is 1.00 bits per heavy atom. The summed E-state index contributed by atoms with van der Waals surface area (Å²) in [5, 5.41) is -0.830. The maximum absolute atomic E-state index is 11.3. The molecule has 4 nitrogen and oxygen atoms in total. The van der Waals surface area contributed by atoms with Crippen molar-refractivity contribution in [3.63, 3.8) is 0 Å². The molecule has 5 heteroatoms. The molecule has 0 aliphatic heterocycles. The van der Waals surface area contributed by atoms with Crippen LogP contribution in [0.5, 0.6) is 0 Å². The zero-order valence-corrected chi connectivity index (χ0v) is 13.4. The lowest BCUT2D eigenvalue weighted by atomic mass is 10.1. The maximum atomic E-state index is 11.3. The monoisotopic (exact) mass is 319 g/mol. The Kier molecular flexibility index (Phi) is 5.57. The van der Waals surface area contributed by atoms with Gasteiger partial charge in [-0.15, -0.1) is 0 Å². The highest BCUT2D eigenvalue weighted by molar-refractivity contribution is 7.86. The van der Waals surface area contributed by atoms with Gasteiger partial charge in [0, 0.05) is 18.8 Å². The van der Waals surface area contributed by atoms with Crippen molar-refractivity contribution in [2.24, 2.45) is 0 Å². The molecule has 1 atom stereocenters. The van der Waals surface area contributed by atoms with Crippen molar-refractivity contribution in [1.29, 1.82) is 0 Å². The van der Waals surface area contributed by atoms with Gasteiger partial charge in [0.15, 0.2) is 0 Å². The summed E-state index contributed by atoms with van der Waals surface area (Å²) in [6.07, 6.45) is 0.813. The van der Waals surface area contributed by atoms with Gasteiger partial charge >= 0.3 is 0 Å². The Hall–Kier alpha value is -1.85. The Morgan fingerprint density at radius 3 is 2.09 bits per heavy atom. The molecule has 2 aromatic carbocycles. The lowest BCUT2D eigenvalue weighted by Gasteiger charge is -2.27. The SMILES string of the molecule is CC(CN(CCc1ccccc1)c1ccccc1)S(=O)(=O)O. The average molecular weight is 319 g/mol. The summed E-state index contributed by atoms with van der Waals surface area (Å²) in [5.41, 5.74) is 2.15. The average Bonchev–Trinajstić information content (AvgIpc) is 2.52. The summed E-state index contributed by atoms with van der Waals surface area (Å²) in [5.74, 6) is 0. The van der Waals surface area contributed by atoms with Crippen LogP contribution in [-0.2, 0) is 16.5 Å². The van der Waals surface area contributed by atoms with Crippen LogP contribution in [0.2, 0.25) is 0 Å². The topological polar surface area (TPSA) is 57.6 Å². The van der Waals surface area contributed by atoms with E-state index in [1.165, 1.54) is 12.5 Å².